The number of ether oxygens (including phenoxy) is 2. The van der Waals surface area contributed by atoms with Gasteiger partial charge >= 0.3 is 5.97 Å². The number of benzene rings is 3. The highest BCUT2D eigenvalue weighted by Crippen LogP contribution is 2.35. The van der Waals surface area contributed by atoms with Crippen molar-refractivity contribution in [1.82, 2.24) is 5.32 Å². The van der Waals surface area contributed by atoms with E-state index < -0.39 is 5.97 Å². The summed E-state index contributed by atoms with van der Waals surface area (Å²) in [7, 11) is 0. The van der Waals surface area contributed by atoms with E-state index in [4.69, 9.17) is 37.8 Å². The Morgan fingerprint density at radius 1 is 0.938 bits per heavy atom. The summed E-state index contributed by atoms with van der Waals surface area (Å²) in [5, 5.41) is 13.3. The van der Waals surface area contributed by atoms with Gasteiger partial charge in [0.15, 0.2) is 11.5 Å². The lowest BCUT2D eigenvalue weighted by molar-refractivity contribution is 0.0697. The maximum atomic E-state index is 11.0. The second kappa shape index (κ2) is 11.6. The van der Waals surface area contributed by atoms with Gasteiger partial charge in [-0.2, -0.15) is 0 Å². The molecular weight excluding hydrogens is 517 g/mol. The van der Waals surface area contributed by atoms with Crippen LogP contribution in [-0.4, -0.2) is 17.7 Å². The molecule has 3 rings (SSSR count). The number of nitrogens with one attached hydrogen (secondary N) is 1. The molecule has 0 saturated carbocycles. The molecule has 0 aliphatic heterocycles. The van der Waals surface area contributed by atoms with E-state index in [1.54, 1.807) is 36.4 Å². The van der Waals surface area contributed by atoms with Gasteiger partial charge in [0.2, 0.25) is 0 Å². The fraction of sp³-hybridized carbons (Fsp3) is 0.208. The molecule has 0 amide bonds. The minimum absolute atomic E-state index is 0.273. The van der Waals surface area contributed by atoms with Gasteiger partial charge in [-0.1, -0.05) is 57.3 Å². The van der Waals surface area contributed by atoms with E-state index in [0.29, 0.717) is 47.8 Å². The van der Waals surface area contributed by atoms with Crippen LogP contribution < -0.4 is 14.8 Å². The zero-order chi connectivity index (χ0) is 23.1. The van der Waals surface area contributed by atoms with Crippen molar-refractivity contribution in [2.45, 2.75) is 26.6 Å². The Bertz CT molecular complexity index is 1090. The molecule has 168 valence electrons. The van der Waals surface area contributed by atoms with Crippen LogP contribution in [0.5, 0.6) is 11.5 Å². The quantitative estimate of drug-likeness (QED) is 0.300. The molecule has 0 aliphatic carbocycles. The first-order chi connectivity index (χ1) is 15.4. The van der Waals surface area contributed by atoms with Crippen LogP contribution in [-0.2, 0) is 19.7 Å². The third kappa shape index (κ3) is 6.62. The Morgan fingerprint density at radius 2 is 1.62 bits per heavy atom. The zero-order valence-electron chi connectivity index (χ0n) is 17.3. The summed E-state index contributed by atoms with van der Waals surface area (Å²) < 4.78 is 12.7. The standard InChI is InChI=1S/C24H22BrCl2NO4/c1-2-31-22-10-18(13-28-12-15-3-6-17(7-4-15)24(29)30)19(25)11-23(22)32-14-16-5-8-20(26)21(27)9-16/h3-11,28H,2,12-14H2,1H3,(H,29,30). The largest absolute Gasteiger partial charge is 0.490 e. The Kier molecular flexibility index (Phi) is 8.82. The van der Waals surface area contributed by atoms with Crippen LogP contribution in [0.2, 0.25) is 10.0 Å². The van der Waals surface area contributed by atoms with Crippen LogP contribution in [0.15, 0.2) is 59.1 Å². The Balaban J connectivity index is 1.65. The van der Waals surface area contributed by atoms with Crippen LogP contribution in [0.3, 0.4) is 0 Å². The summed E-state index contributed by atoms with van der Waals surface area (Å²) in [6.45, 7) is 3.95. The Hall–Kier alpha value is -2.25. The number of rotatable bonds is 10. The van der Waals surface area contributed by atoms with Crippen molar-refractivity contribution in [1.29, 1.82) is 0 Å². The van der Waals surface area contributed by atoms with Gasteiger partial charge in [-0.05, 0) is 60.0 Å². The van der Waals surface area contributed by atoms with Crippen LogP contribution in [0, 0.1) is 0 Å². The summed E-state index contributed by atoms with van der Waals surface area (Å²) in [4.78, 5) is 11.0. The van der Waals surface area contributed by atoms with Gasteiger partial charge in [0.1, 0.15) is 6.61 Å². The molecule has 0 aliphatic rings. The first kappa shape index (κ1) is 24.4. The number of carboxylic acid groups (broad SMARTS) is 1. The topological polar surface area (TPSA) is 67.8 Å². The van der Waals surface area contributed by atoms with Gasteiger partial charge in [0.05, 0.1) is 22.2 Å². The van der Waals surface area contributed by atoms with Crippen LogP contribution in [0.1, 0.15) is 34.0 Å². The first-order valence-electron chi connectivity index (χ1n) is 9.92. The monoisotopic (exact) mass is 537 g/mol. The molecule has 8 heteroatoms. The smallest absolute Gasteiger partial charge is 0.335 e. The van der Waals surface area contributed by atoms with Gasteiger partial charge in [-0.15, -0.1) is 0 Å². The van der Waals surface area contributed by atoms with Gasteiger partial charge in [-0.3, -0.25) is 0 Å². The van der Waals surface area contributed by atoms with Gasteiger partial charge < -0.3 is 19.9 Å². The molecule has 0 spiro atoms. The molecule has 0 unspecified atom stereocenters. The number of aromatic carboxylic acids is 1. The maximum absolute atomic E-state index is 11.0. The van der Waals surface area contributed by atoms with E-state index in [2.05, 4.69) is 21.2 Å². The summed E-state index contributed by atoms with van der Waals surface area (Å²) in [5.74, 6) is 0.342. The van der Waals surface area contributed by atoms with Crippen molar-refractivity contribution in [3.8, 4) is 11.5 Å². The van der Waals surface area contributed by atoms with Gasteiger partial charge in [-0.25, -0.2) is 4.79 Å². The lowest BCUT2D eigenvalue weighted by atomic mass is 10.1. The molecule has 0 aromatic heterocycles. The van der Waals surface area contributed by atoms with Crippen molar-refractivity contribution in [2.75, 3.05) is 6.61 Å². The number of halogens is 3. The van der Waals surface area contributed by atoms with E-state index in [-0.39, 0.29) is 5.56 Å². The first-order valence-corrected chi connectivity index (χ1v) is 11.5. The molecule has 32 heavy (non-hydrogen) atoms. The summed E-state index contributed by atoms with van der Waals surface area (Å²) in [5.41, 5.74) is 3.18. The lowest BCUT2D eigenvalue weighted by Gasteiger charge is -2.16. The Labute approximate surface area is 205 Å². The minimum atomic E-state index is -0.932. The molecule has 3 aromatic carbocycles. The van der Waals surface area contributed by atoms with Gasteiger partial charge in [0.25, 0.3) is 0 Å². The number of hydrogen-bond donors (Lipinski definition) is 2. The van der Waals surface area contributed by atoms with E-state index in [1.807, 2.05) is 25.1 Å². The normalized spacial score (nSPS) is 10.8. The van der Waals surface area contributed by atoms with Crippen molar-refractivity contribution < 1.29 is 19.4 Å². The SMILES string of the molecule is CCOc1cc(CNCc2ccc(C(=O)O)cc2)c(Br)cc1OCc1ccc(Cl)c(Cl)c1. The van der Waals surface area contributed by atoms with E-state index in [1.165, 1.54) is 0 Å². The van der Waals surface area contributed by atoms with E-state index >= 15 is 0 Å². The van der Waals surface area contributed by atoms with E-state index in [9.17, 15) is 4.79 Å². The lowest BCUT2D eigenvalue weighted by Crippen LogP contribution is -2.13. The summed E-state index contributed by atoms with van der Waals surface area (Å²) in [6, 6.07) is 16.0. The molecule has 2 N–H and O–H groups in total. The van der Waals surface area contributed by atoms with Crippen LogP contribution in [0.4, 0.5) is 0 Å². The zero-order valence-corrected chi connectivity index (χ0v) is 20.4. The van der Waals surface area contributed by atoms with E-state index in [0.717, 1.165) is 21.2 Å². The average Bonchev–Trinajstić information content (AvgIpc) is 2.77. The number of carbonyl (C=O) groups is 1. The molecule has 0 bridgehead atoms. The van der Waals surface area contributed by atoms with Crippen molar-refractivity contribution in [3.63, 3.8) is 0 Å². The average molecular weight is 539 g/mol. The van der Waals surface area contributed by atoms with Crippen molar-refractivity contribution >= 4 is 45.1 Å². The second-order valence-corrected chi connectivity index (χ2v) is 8.63. The molecule has 3 aromatic rings. The predicted octanol–water partition coefficient (Wildman–Crippen LogP) is 6.72. The molecular formula is C24H22BrCl2NO4. The molecule has 0 heterocycles. The fourth-order valence-electron chi connectivity index (χ4n) is 2.99. The highest BCUT2D eigenvalue weighted by Gasteiger charge is 2.12. The number of carboxylic acids is 1. The van der Waals surface area contributed by atoms with Crippen LogP contribution >= 0.6 is 39.1 Å². The summed E-state index contributed by atoms with van der Waals surface area (Å²) >= 11 is 15.7. The molecule has 0 saturated heterocycles. The van der Waals surface area contributed by atoms with Gasteiger partial charge in [0, 0.05) is 17.6 Å². The minimum Gasteiger partial charge on any atom is -0.490 e. The third-order valence-electron chi connectivity index (χ3n) is 4.64. The highest BCUT2D eigenvalue weighted by atomic mass is 79.9. The fourth-order valence-corrected chi connectivity index (χ4v) is 3.77. The molecule has 0 radical (unpaired) electrons. The molecule has 0 fully saturated rings. The van der Waals surface area contributed by atoms with Crippen molar-refractivity contribution in [2.24, 2.45) is 0 Å². The summed E-state index contributed by atoms with van der Waals surface area (Å²) in [6.07, 6.45) is 0. The predicted molar refractivity (Wildman–Crippen MR) is 130 cm³/mol. The maximum Gasteiger partial charge on any atom is 0.335 e. The van der Waals surface area contributed by atoms with Crippen molar-refractivity contribution in [3.05, 3.63) is 91.4 Å². The molecule has 5 nitrogen and oxygen atoms in total. The Morgan fingerprint density at radius 3 is 2.28 bits per heavy atom. The molecule has 0 atom stereocenters. The third-order valence-corrected chi connectivity index (χ3v) is 6.11. The number of hydrogen-bond acceptors (Lipinski definition) is 4. The van der Waals surface area contributed by atoms with Crippen LogP contribution in [0.25, 0.3) is 0 Å². The second-order valence-electron chi connectivity index (χ2n) is 6.97. The highest BCUT2D eigenvalue weighted by molar-refractivity contribution is 9.10.